The van der Waals surface area contributed by atoms with Crippen molar-refractivity contribution in [2.24, 2.45) is 0 Å². The molecule has 6 heteroatoms. The summed E-state index contributed by atoms with van der Waals surface area (Å²) >= 11 is 3.25. The molecule has 0 radical (unpaired) electrons. The van der Waals surface area contributed by atoms with E-state index in [0.717, 1.165) is 12.1 Å². The molecule has 0 aromatic heterocycles. The minimum atomic E-state index is -0.986. The number of rotatable bonds is 3. The standard InChI is InChI=1S/C15H9BrF2N2O/c16-11-5-10(8-19)2-4-14(11)20-15(21)7-9-1-3-12(17)13(18)6-9/h1-6H,7H2,(H,20,21). The van der Waals surface area contributed by atoms with Crippen molar-refractivity contribution in [3.8, 4) is 6.07 Å². The highest BCUT2D eigenvalue weighted by Crippen LogP contribution is 2.23. The number of nitrogens with zero attached hydrogens (tertiary/aromatic N) is 1. The Morgan fingerprint density at radius 2 is 1.95 bits per heavy atom. The van der Waals surface area contributed by atoms with E-state index in [2.05, 4.69) is 21.2 Å². The summed E-state index contributed by atoms with van der Waals surface area (Å²) in [5.41, 5.74) is 1.33. The third-order valence-electron chi connectivity index (χ3n) is 2.72. The number of carbonyl (C=O) groups is 1. The van der Waals surface area contributed by atoms with Crippen LogP contribution in [0.3, 0.4) is 0 Å². The van der Waals surface area contributed by atoms with Crippen LogP contribution < -0.4 is 5.32 Å². The molecule has 1 amide bonds. The molecule has 3 nitrogen and oxygen atoms in total. The van der Waals surface area contributed by atoms with E-state index in [1.165, 1.54) is 6.07 Å². The van der Waals surface area contributed by atoms with Gasteiger partial charge in [0.05, 0.1) is 23.7 Å². The lowest BCUT2D eigenvalue weighted by molar-refractivity contribution is -0.115. The molecular formula is C15H9BrF2N2O. The number of nitriles is 1. The molecule has 0 saturated heterocycles. The van der Waals surface area contributed by atoms with Crippen LogP contribution in [0.4, 0.5) is 14.5 Å². The van der Waals surface area contributed by atoms with Crippen LogP contribution in [-0.4, -0.2) is 5.91 Å². The molecule has 21 heavy (non-hydrogen) atoms. The maximum atomic E-state index is 13.1. The Bertz CT molecular complexity index is 741. The fourth-order valence-electron chi connectivity index (χ4n) is 1.72. The first-order valence-electron chi connectivity index (χ1n) is 5.93. The predicted molar refractivity (Wildman–Crippen MR) is 77.5 cm³/mol. The van der Waals surface area contributed by atoms with E-state index < -0.39 is 11.6 Å². The molecule has 2 aromatic carbocycles. The van der Waals surface area contributed by atoms with Gasteiger partial charge in [-0.2, -0.15) is 5.26 Å². The number of amides is 1. The van der Waals surface area contributed by atoms with Gasteiger partial charge in [-0.1, -0.05) is 6.07 Å². The maximum Gasteiger partial charge on any atom is 0.228 e. The van der Waals surface area contributed by atoms with Crippen molar-refractivity contribution in [2.45, 2.75) is 6.42 Å². The van der Waals surface area contributed by atoms with Gasteiger partial charge in [-0.25, -0.2) is 8.78 Å². The lowest BCUT2D eigenvalue weighted by Crippen LogP contribution is -2.15. The lowest BCUT2D eigenvalue weighted by Gasteiger charge is -2.08. The average Bonchev–Trinajstić information content (AvgIpc) is 2.45. The second kappa shape index (κ2) is 6.46. The van der Waals surface area contributed by atoms with Gasteiger partial charge < -0.3 is 5.32 Å². The highest BCUT2D eigenvalue weighted by molar-refractivity contribution is 9.10. The van der Waals surface area contributed by atoms with E-state index >= 15 is 0 Å². The van der Waals surface area contributed by atoms with Crippen molar-refractivity contribution >= 4 is 27.5 Å². The van der Waals surface area contributed by atoms with Crippen LogP contribution in [0.2, 0.25) is 0 Å². The summed E-state index contributed by atoms with van der Waals surface area (Å²) in [6.07, 6.45) is -0.0797. The van der Waals surface area contributed by atoms with E-state index in [-0.39, 0.29) is 12.3 Å². The van der Waals surface area contributed by atoms with Crippen LogP contribution in [0.25, 0.3) is 0 Å². The molecular weight excluding hydrogens is 342 g/mol. The molecule has 0 unspecified atom stereocenters. The Morgan fingerprint density at radius 1 is 1.19 bits per heavy atom. The first-order chi connectivity index (χ1) is 9.99. The Balaban J connectivity index is 2.08. The monoisotopic (exact) mass is 350 g/mol. The second-order valence-electron chi connectivity index (χ2n) is 4.28. The van der Waals surface area contributed by atoms with E-state index in [1.807, 2.05) is 6.07 Å². The molecule has 1 N–H and O–H groups in total. The molecule has 0 aliphatic carbocycles. The van der Waals surface area contributed by atoms with E-state index in [4.69, 9.17) is 5.26 Å². The molecule has 0 heterocycles. The molecule has 0 atom stereocenters. The fraction of sp³-hybridized carbons (Fsp3) is 0.0667. The fourth-order valence-corrected chi connectivity index (χ4v) is 2.19. The number of halogens is 3. The minimum absolute atomic E-state index is 0.0797. The lowest BCUT2D eigenvalue weighted by atomic mass is 10.1. The summed E-state index contributed by atoms with van der Waals surface area (Å²) in [7, 11) is 0. The average molecular weight is 351 g/mol. The Labute approximate surface area is 128 Å². The topological polar surface area (TPSA) is 52.9 Å². The normalized spacial score (nSPS) is 10.0. The summed E-state index contributed by atoms with van der Waals surface area (Å²) in [6, 6.07) is 10.0. The zero-order valence-corrected chi connectivity index (χ0v) is 12.2. The number of nitrogens with one attached hydrogen (secondary N) is 1. The van der Waals surface area contributed by atoms with Gasteiger partial charge in [-0.3, -0.25) is 4.79 Å². The number of benzene rings is 2. The summed E-state index contributed by atoms with van der Waals surface area (Å²) < 4.78 is 26.4. The first kappa shape index (κ1) is 15.1. The zero-order chi connectivity index (χ0) is 15.4. The van der Waals surface area contributed by atoms with Crippen molar-refractivity contribution in [3.05, 3.63) is 63.6 Å². The van der Waals surface area contributed by atoms with Crippen LogP contribution in [-0.2, 0) is 11.2 Å². The molecule has 106 valence electrons. The van der Waals surface area contributed by atoms with Gasteiger partial charge >= 0.3 is 0 Å². The van der Waals surface area contributed by atoms with Crippen LogP contribution in [0.15, 0.2) is 40.9 Å². The third kappa shape index (κ3) is 3.86. The number of hydrogen-bond acceptors (Lipinski definition) is 2. The van der Waals surface area contributed by atoms with Gasteiger partial charge in [0.2, 0.25) is 5.91 Å². The SMILES string of the molecule is N#Cc1ccc(NC(=O)Cc2ccc(F)c(F)c2)c(Br)c1. The summed E-state index contributed by atoms with van der Waals surface area (Å²) in [5.74, 6) is -2.31. The van der Waals surface area contributed by atoms with Crippen molar-refractivity contribution in [2.75, 3.05) is 5.32 Å². The molecule has 0 saturated carbocycles. The van der Waals surface area contributed by atoms with Gasteiger partial charge in [0.15, 0.2) is 11.6 Å². The number of anilines is 1. The Hall–Kier alpha value is -2.26. The van der Waals surface area contributed by atoms with Gasteiger partial charge in [-0.15, -0.1) is 0 Å². The van der Waals surface area contributed by atoms with Crippen LogP contribution in [0.1, 0.15) is 11.1 Å². The minimum Gasteiger partial charge on any atom is -0.325 e. The smallest absolute Gasteiger partial charge is 0.228 e. The molecule has 2 rings (SSSR count). The van der Waals surface area contributed by atoms with E-state index in [9.17, 15) is 13.6 Å². The number of carbonyl (C=O) groups excluding carboxylic acids is 1. The molecule has 0 fully saturated rings. The van der Waals surface area contributed by atoms with Crippen molar-refractivity contribution < 1.29 is 13.6 Å². The summed E-state index contributed by atoms with van der Waals surface area (Å²) in [4.78, 5) is 11.9. The van der Waals surface area contributed by atoms with E-state index in [0.29, 0.717) is 21.3 Å². The van der Waals surface area contributed by atoms with Gasteiger partial charge in [0.25, 0.3) is 0 Å². The second-order valence-corrected chi connectivity index (χ2v) is 5.13. The Kier molecular flexibility index (Phi) is 4.66. The molecule has 0 aliphatic heterocycles. The summed E-state index contributed by atoms with van der Waals surface area (Å²) in [6.45, 7) is 0. The summed E-state index contributed by atoms with van der Waals surface area (Å²) in [5, 5.41) is 11.4. The van der Waals surface area contributed by atoms with Gasteiger partial charge in [-0.05, 0) is 51.8 Å². The van der Waals surface area contributed by atoms with E-state index in [1.54, 1.807) is 18.2 Å². The van der Waals surface area contributed by atoms with Crippen molar-refractivity contribution in [1.82, 2.24) is 0 Å². The molecule has 2 aromatic rings. The highest BCUT2D eigenvalue weighted by atomic mass is 79.9. The van der Waals surface area contributed by atoms with Crippen LogP contribution in [0.5, 0.6) is 0 Å². The predicted octanol–water partition coefficient (Wildman–Crippen LogP) is 3.78. The van der Waals surface area contributed by atoms with Crippen molar-refractivity contribution in [1.29, 1.82) is 5.26 Å². The van der Waals surface area contributed by atoms with Crippen LogP contribution >= 0.6 is 15.9 Å². The van der Waals surface area contributed by atoms with Crippen LogP contribution in [0, 0.1) is 23.0 Å². The maximum absolute atomic E-state index is 13.1. The highest BCUT2D eigenvalue weighted by Gasteiger charge is 2.09. The molecule has 0 spiro atoms. The largest absolute Gasteiger partial charge is 0.325 e. The number of hydrogen-bond donors (Lipinski definition) is 1. The first-order valence-corrected chi connectivity index (χ1v) is 6.72. The third-order valence-corrected chi connectivity index (χ3v) is 3.38. The van der Waals surface area contributed by atoms with Gasteiger partial charge in [0, 0.05) is 4.47 Å². The quantitative estimate of drug-likeness (QED) is 0.915. The Morgan fingerprint density at radius 3 is 2.57 bits per heavy atom. The van der Waals surface area contributed by atoms with Crippen molar-refractivity contribution in [3.63, 3.8) is 0 Å². The molecule has 0 bridgehead atoms. The van der Waals surface area contributed by atoms with Gasteiger partial charge in [0.1, 0.15) is 0 Å². The zero-order valence-electron chi connectivity index (χ0n) is 10.7. The molecule has 0 aliphatic rings.